The highest BCUT2D eigenvalue weighted by Crippen LogP contribution is 2.49. The van der Waals surface area contributed by atoms with Crippen molar-refractivity contribution in [2.75, 3.05) is 57.4 Å². The summed E-state index contributed by atoms with van der Waals surface area (Å²) in [6, 6.07) is 10.4. The first kappa shape index (κ1) is 32.8. The highest BCUT2D eigenvalue weighted by atomic mass is 19.1. The topological polar surface area (TPSA) is 107 Å². The fraction of sp³-hybridized carbons (Fsp3) is 0.525. The zero-order valence-corrected chi connectivity index (χ0v) is 29.1. The lowest BCUT2D eigenvalue weighted by molar-refractivity contribution is 0.0179. The van der Waals surface area contributed by atoms with E-state index in [1.807, 2.05) is 6.92 Å². The third-order valence-corrected chi connectivity index (χ3v) is 12.4. The van der Waals surface area contributed by atoms with Crippen molar-refractivity contribution in [3.8, 4) is 29.0 Å². The second kappa shape index (κ2) is 12.5. The van der Waals surface area contributed by atoms with Crippen molar-refractivity contribution in [3.05, 3.63) is 53.1 Å². The van der Waals surface area contributed by atoms with Crippen molar-refractivity contribution in [2.24, 2.45) is 10.8 Å². The molecule has 5 fully saturated rings. The van der Waals surface area contributed by atoms with Crippen LogP contribution in [0.25, 0.3) is 32.8 Å². The predicted octanol–water partition coefficient (Wildman–Crippen LogP) is 6.47. The fourth-order valence-electron chi connectivity index (χ4n) is 9.45. The normalized spacial score (nSPS) is 23.7. The van der Waals surface area contributed by atoms with Crippen molar-refractivity contribution in [1.82, 2.24) is 20.2 Å². The quantitative estimate of drug-likeness (QED) is 0.215. The van der Waals surface area contributed by atoms with Gasteiger partial charge in [0.2, 0.25) is 0 Å². The lowest BCUT2D eigenvalue weighted by atomic mass is 9.80. The number of nitrogens with one attached hydrogen (secondary N) is 1. The summed E-state index contributed by atoms with van der Waals surface area (Å²) in [7, 11) is 0. The summed E-state index contributed by atoms with van der Waals surface area (Å²) < 4.78 is 44.6. The lowest BCUT2D eigenvalue weighted by Gasteiger charge is -2.34. The van der Waals surface area contributed by atoms with E-state index in [0.717, 1.165) is 71.4 Å². The zero-order chi connectivity index (χ0) is 34.9. The number of anilines is 1. The van der Waals surface area contributed by atoms with Gasteiger partial charge < -0.3 is 29.7 Å². The molecule has 2 bridgehead atoms. The Kier molecular flexibility index (Phi) is 8.06. The molecule has 0 amide bonds. The van der Waals surface area contributed by atoms with Crippen LogP contribution in [-0.4, -0.2) is 84.6 Å². The Morgan fingerprint density at radius 1 is 1.06 bits per heavy atom. The molecule has 51 heavy (non-hydrogen) atoms. The summed E-state index contributed by atoms with van der Waals surface area (Å²) in [6.45, 7) is 8.54. The first-order valence-electron chi connectivity index (χ1n) is 18.6. The van der Waals surface area contributed by atoms with Crippen LogP contribution in [0.5, 0.6) is 11.8 Å². The van der Waals surface area contributed by atoms with Gasteiger partial charge in [-0.15, -0.1) is 0 Å². The van der Waals surface area contributed by atoms with Crippen LogP contribution in [0.3, 0.4) is 0 Å². The standard InChI is InChI=1S/C40H44F2N6O3/c1-2-29-32(41)6-3-24-15-28(49)17-30(33(24)29)34-25(18-43)16-31-36(35(34)42)45-38(46-37(31)48-19-26-4-5-27(20-48)44-26)51-23-40(7-8-40)22-47-12-9-39(21-47)10-13-50-14-11-39/h3,6,15-17,26-27,44,49H,2,4-5,7-14,19-23H2,1H3. The van der Waals surface area contributed by atoms with Gasteiger partial charge in [-0.1, -0.05) is 13.0 Å². The molecule has 2 unspecified atom stereocenters. The molecule has 9 rings (SSSR count). The van der Waals surface area contributed by atoms with Crippen LogP contribution in [0.4, 0.5) is 14.6 Å². The Morgan fingerprint density at radius 2 is 1.84 bits per heavy atom. The number of phenolic OH excluding ortho intramolecular Hbond substituents is 1. The van der Waals surface area contributed by atoms with Crippen LogP contribution in [0, 0.1) is 33.8 Å². The number of rotatable bonds is 8. The van der Waals surface area contributed by atoms with E-state index in [2.05, 4.69) is 21.2 Å². The van der Waals surface area contributed by atoms with E-state index in [-0.39, 0.29) is 39.4 Å². The summed E-state index contributed by atoms with van der Waals surface area (Å²) >= 11 is 0. The predicted molar refractivity (Wildman–Crippen MR) is 191 cm³/mol. The van der Waals surface area contributed by atoms with E-state index in [0.29, 0.717) is 71.2 Å². The number of nitriles is 1. The minimum atomic E-state index is -0.714. The van der Waals surface area contributed by atoms with Crippen molar-refractivity contribution in [3.63, 3.8) is 0 Å². The summed E-state index contributed by atoms with van der Waals surface area (Å²) in [5, 5.41) is 26.3. The Morgan fingerprint density at radius 3 is 2.57 bits per heavy atom. The van der Waals surface area contributed by atoms with Crippen LogP contribution in [0.2, 0.25) is 0 Å². The molecule has 1 aromatic heterocycles. The van der Waals surface area contributed by atoms with E-state index in [1.54, 1.807) is 12.1 Å². The molecule has 9 nitrogen and oxygen atoms in total. The molecule has 3 aromatic carbocycles. The van der Waals surface area contributed by atoms with E-state index < -0.39 is 11.6 Å². The smallest absolute Gasteiger partial charge is 0.319 e. The van der Waals surface area contributed by atoms with Crippen molar-refractivity contribution < 1.29 is 23.4 Å². The maximum absolute atomic E-state index is 17.3. The number of ether oxygens (including phenoxy) is 2. The number of fused-ring (bicyclic) bond motifs is 4. The summed E-state index contributed by atoms with van der Waals surface area (Å²) in [4.78, 5) is 14.4. The number of piperazine rings is 1. The third kappa shape index (κ3) is 5.85. The zero-order valence-electron chi connectivity index (χ0n) is 29.1. The SMILES string of the molecule is CCc1c(F)ccc2cc(O)cc(-c3c(C#N)cc4c(N5CC6CCC(C5)N6)nc(OCC5(CN6CCC7(CCOCC7)C6)CC5)nc4c3F)c12. The Bertz CT molecular complexity index is 2060. The number of likely N-dealkylation sites (tertiary alicyclic amines) is 1. The van der Waals surface area contributed by atoms with Crippen molar-refractivity contribution in [2.45, 2.75) is 70.4 Å². The highest BCUT2D eigenvalue weighted by molar-refractivity contribution is 6.04. The van der Waals surface area contributed by atoms with Gasteiger partial charge >= 0.3 is 6.01 Å². The third-order valence-electron chi connectivity index (χ3n) is 12.4. The van der Waals surface area contributed by atoms with Crippen molar-refractivity contribution in [1.29, 1.82) is 5.26 Å². The van der Waals surface area contributed by atoms with Gasteiger partial charge in [-0.25, -0.2) is 8.78 Å². The molecular formula is C40H44F2N6O3. The van der Waals surface area contributed by atoms with E-state index in [9.17, 15) is 10.4 Å². The average molecular weight is 695 g/mol. The highest BCUT2D eigenvalue weighted by Gasteiger charge is 2.48. The van der Waals surface area contributed by atoms with E-state index in [1.165, 1.54) is 24.6 Å². The molecule has 0 radical (unpaired) electrons. The first-order chi connectivity index (χ1) is 24.8. The maximum Gasteiger partial charge on any atom is 0.319 e. The van der Waals surface area contributed by atoms with Crippen LogP contribution >= 0.6 is 0 Å². The van der Waals surface area contributed by atoms with E-state index >= 15 is 8.78 Å². The molecule has 266 valence electrons. The molecule has 5 aliphatic rings. The molecule has 1 spiro atoms. The summed E-state index contributed by atoms with van der Waals surface area (Å²) in [5.41, 5.74) is 1.13. The number of aromatic hydroxyl groups is 1. The van der Waals surface area contributed by atoms with Crippen molar-refractivity contribution >= 4 is 27.5 Å². The van der Waals surface area contributed by atoms with E-state index in [4.69, 9.17) is 19.4 Å². The molecule has 11 heteroatoms. The summed E-state index contributed by atoms with van der Waals surface area (Å²) in [6.07, 6.45) is 8.06. The molecule has 1 aliphatic carbocycles. The maximum atomic E-state index is 17.3. The number of phenols is 1. The molecule has 5 heterocycles. The van der Waals surface area contributed by atoms with Gasteiger partial charge in [0.05, 0.1) is 18.2 Å². The van der Waals surface area contributed by atoms with Crippen LogP contribution in [0.15, 0.2) is 30.3 Å². The molecule has 1 saturated carbocycles. The van der Waals surface area contributed by atoms with Gasteiger partial charge in [-0.05, 0) is 109 Å². The number of nitrogens with zero attached hydrogens (tertiary/aromatic N) is 5. The number of benzene rings is 3. The molecule has 2 N–H and O–H groups in total. The van der Waals surface area contributed by atoms with Gasteiger partial charge in [0, 0.05) is 67.8 Å². The van der Waals surface area contributed by atoms with Gasteiger partial charge in [0.15, 0.2) is 5.82 Å². The monoisotopic (exact) mass is 694 g/mol. The number of halogens is 2. The Hall–Kier alpha value is -4.11. The Labute approximate surface area is 296 Å². The molecule has 4 aliphatic heterocycles. The van der Waals surface area contributed by atoms with Crippen LogP contribution in [-0.2, 0) is 11.2 Å². The first-order valence-corrected chi connectivity index (χ1v) is 18.6. The second-order valence-corrected chi connectivity index (χ2v) is 15.8. The molecular weight excluding hydrogens is 650 g/mol. The minimum Gasteiger partial charge on any atom is -0.508 e. The Balaban J connectivity index is 1.12. The molecule has 2 atom stereocenters. The fourth-order valence-corrected chi connectivity index (χ4v) is 9.45. The van der Waals surface area contributed by atoms with Crippen LogP contribution < -0.4 is 15.0 Å². The number of hydrogen-bond acceptors (Lipinski definition) is 9. The summed E-state index contributed by atoms with van der Waals surface area (Å²) in [5.74, 6) is -0.680. The van der Waals surface area contributed by atoms with Gasteiger partial charge in [0.25, 0.3) is 0 Å². The van der Waals surface area contributed by atoms with Gasteiger partial charge in [-0.2, -0.15) is 15.2 Å². The second-order valence-electron chi connectivity index (χ2n) is 15.8. The molecule has 4 saturated heterocycles. The molecule has 4 aromatic rings. The minimum absolute atomic E-state index is 0.0127. The number of aryl methyl sites for hydroxylation is 1. The van der Waals surface area contributed by atoms with Gasteiger partial charge in [0.1, 0.15) is 22.9 Å². The lowest BCUT2D eigenvalue weighted by Crippen LogP contribution is -2.51. The number of hydrogen-bond donors (Lipinski definition) is 2. The van der Waals surface area contributed by atoms with Gasteiger partial charge in [-0.3, -0.25) is 0 Å². The number of aromatic nitrogens is 2. The van der Waals surface area contributed by atoms with Crippen LogP contribution in [0.1, 0.15) is 63.0 Å². The average Bonchev–Trinajstić information content (AvgIpc) is 3.68. The largest absolute Gasteiger partial charge is 0.508 e.